The van der Waals surface area contributed by atoms with E-state index in [1.807, 2.05) is 25.2 Å². The van der Waals surface area contributed by atoms with E-state index in [1.165, 1.54) is 5.35 Å². The van der Waals surface area contributed by atoms with E-state index in [0.29, 0.717) is 0 Å². The van der Waals surface area contributed by atoms with Crippen LogP contribution in [0.1, 0.15) is 12.8 Å². The smallest absolute Gasteiger partial charge is 0.159 e. The summed E-state index contributed by atoms with van der Waals surface area (Å²) in [6, 6.07) is 5.90. The second-order valence-corrected chi connectivity index (χ2v) is 3.97. The molecule has 3 heteroatoms. The molecule has 1 aliphatic rings. The van der Waals surface area contributed by atoms with Gasteiger partial charge in [-0.1, -0.05) is 18.2 Å². The molecule has 0 bridgehead atoms. The molecule has 0 unspecified atom stereocenters. The van der Waals surface area contributed by atoms with Gasteiger partial charge in [0.05, 0.1) is 10.7 Å². The average molecular weight is 211 g/mol. The van der Waals surface area contributed by atoms with Gasteiger partial charge in [0.25, 0.3) is 0 Å². The van der Waals surface area contributed by atoms with Gasteiger partial charge in [-0.3, -0.25) is 4.98 Å². The van der Waals surface area contributed by atoms with Gasteiger partial charge in [-0.05, 0) is 25.0 Å². The van der Waals surface area contributed by atoms with Gasteiger partial charge in [0, 0.05) is 13.2 Å². The van der Waals surface area contributed by atoms with Crippen LogP contribution in [0, 0.1) is 0 Å². The van der Waals surface area contributed by atoms with Crippen molar-refractivity contribution in [3.63, 3.8) is 0 Å². The summed E-state index contributed by atoms with van der Waals surface area (Å²) in [6.45, 7) is 0. The van der Waals surface area contributed by atoms with Crippen molar-refractivity contribution >= 4 is 12.2 Å². The van der Waals surface area contributed by atoms with Gasteiger partial charge in [0.2, 0.25) is 0 Å². The molecular weight excluding hydrogens is 198 g/mol. The van der Waals surface area contributed by atoms with Crippen molar-refractivity contribution in [1.82, 2.24) is 14.5 Å². The van der Waals surface area contributed by atoms with Gasteiger partial charge >= 0.3 is 0 Å². The predicted molar refractivity (Wildman–Crippen MR) is 63.9 cm³/mol. The predicted octanol–water partition coefficient (Wildman–Crippen LogP) is 0.837. The van der Waals surface area contributed by atoms with Crippen LogP contribution in [-0.4, -0.2) is 14.5 Å². The number of nitrogens with zero attached hydrogens (tertiary/aromatic N) is 3. The Morgan fingerprint density at radius 3 is 2.81 bits per heavy atom. The van der Waals surface area contributed by atoms with Crippen LogP contribution in [0.4, 0.5) is 0 Å². The van der Waals surface area contributed by atoms with Crippen LogP contribution in [0.25, 0.3) is 23.7 Å². The molecule has 0 saturated heterocycles. The zero-order valence-electron chi connectivity index (χ0n) is 9.22. The van der Waals surface area contributed by atoms with Crippen LogP contribution in [-0.2, 0) is 7.05 Å². The van der Waals surface area contributed by atoms with Crippen LogP contribution in [0.3, 0.4) is 0 Å². The van der Waals surface area contributed by atoms with Crippen molar-refractivity contribution in [3.8, 4) is 11.5 Å². The van der Waals surface area contributed by atoms with E-state index in [-0.39, 0.29) is 0 Å². The lowest BCUT2D eigenvalue weighted by Crippen LogP contribution is -2.30. The summed E-state index contributed by atoms with van der Waals surface area (Å²) in [4.78, 5) is 8.98. The molecule has 0 saturated carbocycles. The summed E-state index contributed by atoms with van der Waals surface area (Å²) >= 11 is 0. The number of aromatic nitrogens is 3. The highest BCUT2D eigenvalue weighted by molar-refractivity contribution is 5.51. The molecular formula is C13H13N3. The lowest BCUT2D eigenvalue weighted by molar-refractivity contribution is 0.877. The summed E-state index contributed by atoms with van der Waals surface area (Å²) in [5, 5.41) is 2.31. The minimum Gasteiger partial charge on any atom is -0.326 e. The maximum atomic E-state index is 4.63. The average Bonchev–Trinajstić information content (AvgIpc) is 2.69. The highest BCUT2D eigenvalue weighted by atomic mass is 15.1. The number of pyridine rings is 1. The highest BCUT2D eigenvalue weighted by Crippen LogP contribution is 2.09. The lowest BCUT2D eigenvalue weighted by Gasteiger charge is -2.00. The van der Waals surface area contributed by atoms with Crippen LogP contribution in [0.5, 0.6) is 0 Å². The van der Waals surface area contributed by atoms with E-state index < -0.39 is 0 Å². The maximum Gasteiger partial charge on any atom is 0.159 e. The number of rotatable bonds is 1. The first-order valence-electron chi connectivity index (χ1n) is 5.51. The summed E-state index contributed by atoms with van der Waals surface area (Å²) in [6.07, 6.45) is 8.44. The van der Waals surface area contributed by atoms with E-state index >= 15 is 0 Å². The van der Waals surface area contributed by atoms with E-state index in [2.05, 4.69) is 26.7 Å². The third-order valence-corrected chi connectivity index (χ3v) is 2.90. The van der Waals surface area contributed by atoms with Crippen molar-refractivity contribution in [2.45, 2.75) is 12.8 Å². The Labute approximate surface area is 93.8 Å². The molecule has 0 radical (unpaired) electrons. The molecule has 0 atom stereocenters. The third-order valence-electron chi connectivity index (χ3n) is 2.90. The molecule has 0 aliphatic heterocycles. The van der Waals surface area contributed by atoms with Crippen molar-refractivity contribution < 1.29 is 0 Å². The fraction of sp³-hybridized carbons (Fsp3) is 0.231. The Morgan fingerprint density at radius 2 is 2.06 bits per heavy atom. The normalized spacial score (nSPS) is 13.8. The second-order valence-electron chi connectivity index (χ2n) is 3.97. The third kappa shape index (κ3) is 1.36. The second kappa shape index (κ2) is 3.59. The van der Waals surface area contributed by atoms with Crippen LogP contribution >= 0.6 is 0 Å². The SMILES string of the molecule is Cn1c(-c2ccccn2)nc2c1=CCCC=2. The van der Waals surface area contributed by atoms with E-state index in [0.717, 1.165) is 29.7 Å². The standard InChI is InChI=1S/C13H13N3/c1-16-12-8-3-2-6-10(12)15-13(16)11-7-4-5-9-14-11/h4-9H,2-3H2,1H3. The molecule has 0 aromatic carbocycles. The topological polar surface area (TPSA) is 30.7 Å². The molecule has 3 nitrogen and oxygen atoms in total. The quantitative estimate of drug-likeness (QED) is 0.699. The van der Waals surface area contributed by atoms with Crippen molar-refractivity contribution in [1.29, 1.82) is 0 Å². The fourth-order valence-electron chi connectivity index (χ4n) is 2.09. The van der Waals surface area contributed by atoms with Gasteiger partial charge in [-0.25, -0.2) is 4.98 Å². The number of hydrogen-bond acceptors (Lipinski definition) is 2. The Balaban J connectivity index is 2.29. The molecule has 0 spiro atoms. The molecule has 16 heavy (non-hydrogen) atoms. The number of imidazole rings is 1. The molecule has 2 aromatic heterocycles. The monoisotopic (exact) mass is 211 g/mol. The number of fused-ring (bicyclic) bond motifs is 1. The van der Waals surface area contributed by atoms with Crippen molar-refractivity contribution in [3.05, 3.63) is 35.1 Å². The maximum absolute atomic E-state index is 4.63. The molecule has 0 amide bonds. The van der Waals surface area contributed by atoms with Gasteiger partial charge < -0.3 is 4.57 Å². The lowest BCUT2D eigenvalue weighted by atomic mass is 10.2. The largest absolute Gasteiger partial charge is 0.326 e. The molecule has 2 aromatic rings. The van der Waals surface area contributed by atoms with Crippen molar-refractivity contribution in [2.24, 2.45) is 7.05 Å². The molecule has 0 fully saturated rings. The van der Waals surface area contributed by atoms with Crippen LogP contribution in [0.2, 0.25) is 0 Å². The summed E-state index contributed by atoms with van der Waals surface area (Å²) in [5.74, 6) is 0.944. The van der Waals surface area contributed by atoms with Gasteiger partial charge in [-0.2, -0.15) is 0 Å². The van der Waals surface area contributed by atoms with E-state index in [1.54, 1.807) is 6.20 Å². The Kier molecular flexibility index (Phi) is 2.10. The highest BCUT2D eigenvalue weighted by Gasteiger charge is 2.08. The Morgan fingerprint density at radius 1 is 1.19 bits per heavy atom. The zero-order chi connectivity index (χ0) is 11.0. The molecule has 1 aliphatic carbocycles. The van der Waals surface area contributed by atoms with Crippen LogP contribution in [0.15, 0.2) is 24.4 Å². The van der Waals surface area contributed by atoms with Crippen molar-refractivity contribution in [2.75, 3.05) is 0 Å². The molecule has 2 heterocycles. The number of hydrogen-bond donors (Lipinski definition) is 0. The van der Waals surface area contributed by atoms with E-state index in [4.69, 9.17) is 0 Å². The minimum atomic E-state index is 0.932. The van der Waals surface area contributed by atoms with Gasteiger partial charge in [-0.15, -0.1) is 0 Å². The zero-order valence-corrected chi connectivity index (χ0v) is 9.22. The first-order valence-corrected chi connectivity index (χ1v) is 5.51. The molecule has 0 N–H and O–H groups in total. The first kappa shape index (κ1) is 9.33. The Bertz CT molecular complexity index is 623. The Hall–Kier alpha value is -1.90. The molecule has 80 valence electrons. The summed E-state index contributed by atoms with van der Waals surface area (Å²) in [5.41, 5.74) is 0.932. The van der Waals surface area contributed by atoms with Gasteiger partial charge in [0.15, 0.2) is 5.82 Å². The fourth-order valence-corrected chi connectivity index (χ4v) is 2.09. The molecule has 3 rings (SSSR count). The summed E-state index contributed by atoms with van der Waals surface area (Å²) in [7, 11) is 2.05. The minimum absolute atomic E-state index is 0.932. The summed E-state index contributed by atoms with van der Waals surface area (Å²) < 4.78 is 2.12. The first-order chi connectivity index (χ1) is 7.86. The van der Waals surface area contributed by atoms with Crippen LogP contribution < -0.4 is 10.7 Å². The van der Waals surface area contributed by atoms with E-state index in [9.17, 15) is 0 Å². The van der Waals surface area contributed by atoms with Gasteiger partial charge in [0.1, 0.15) is 5.69 Å².